The van der Waals surface area contributed by atoms with Gasteiger partial charge in [-0.15, -0.1) is 22.7 Å². The summed E-state index contributed by atoms with van der Waals surface area (Å²) in [6.07, 6.45) is 3.75. The molecule has 0 radical (unpaired) electrons. The molecule has 4 heterocycles. The molecule has 1 aliphatic heterocycles. The molecule has 4 aromatic rings. The van der Waals surface area contributed by atoms with Crippen molar-refractivity contribution >= 4 is 50.4 Å². The van der Waals surface area contributed by atoms with Crippen molar-refractivity contribution < 1.29 is 4.79 Å². The largest absolute Gasteiger partial charge is 0.353 e. The monoisotopic (exact) mass is 498 g/mol. The first-order valence-corrected chi connectivity index (χ1v) is 13.0. The Morgan fingerprint density at radius 2 is 1.97 bits per heavy atom. The van der Waals surface area contributed by atoms with E-state index in [1.807, 2.05) is 47.2 Å². The van der Waals surface area contributed by atoms with Gasteiger partial charge in [-0.05, 0) is 49.0 Å². The van der Waals surface area contributed by atoms with Crippen molar-refractivity contribution in [3.63, 3.8) is 0 Å². The summed E-state index contributed by atoms with van der Waals surface area (Å²) in [4.78, 5) is 34.5. The summed E-state index contributed by atoms with van der Waals surface area (Å²) in [5.74, 6) is -0.220. The van der Waals surface area contributed by atoms with Crippen LogP contribution in [0.2, 0.25) is 5.02 Å². The molecule has 1 aliphatic rings. The van der Waals surface area contributed by atoms with E-state index in [9.17, 15) is 9.59 Å². The van der Waals surface area contributed by atoms with Crippen molar-refractivity contribution in [2.24, 2.45) is 0 Å². The Balaban J connectivity index is 1.34. The van der Waals surface area contributed by atoms with E-state index in [0.717, 1.165) is 41.9 Å². The number of nitrogens with one attached hydrogen (secondary N) is 1. The molecule has 0 saturated carbocycles. The van der Waals surface area contributed by atoms with Gasteiger partial charge in [0.1, 0.15) is 11.4 Å². The Bertz CT molecular complexity index is 1330. The van der Waals surface area contributed by atoms with Gasteiger partial charge < -0.3 is 5.32 Å². The number of carbonyl (C=O) groups excluding carboxylic acids is 1. The summed E-state index contributed by atoms with van der Waals surface area (Å²) in [5.41, 5.74) is 1.70. The highest BCUT2D eigenvalue weighted by Gasteiger charge is 2.25. The van der Waals surface area contributed by atoms with E-state index >= 15 is 0 Å². The fraction of sp³-hybridized carbons (Fsp3) is 0.292. The van der Waals surface area contributed by atoms with Crippen LogP contribution in [0.1, 0.15) is 24.4 Å². The first-order chi connectivity index (χ1) is 16.1. The molecule has 9 heteroatoms. The van der Waals surface area contributed by atoms with Crippen molar-refractivity contribution in [3.05, 3.63) is 74.4 Å². The number of likely N-dealkylation sites (tertiary alicyclic amines) is 1. The Labute approximate surface area is 204 Å². The maximum Gasteiger partial charge on any atom is 0.263 e. The lowest BCUT2D eigenvalue weighted by Crippen LogP contribution is -2.39. The second-order valence-corrected chi connectivity index (χ2v) is 10.3. The van der Waals surface area contributed by atoms with Crippen LogP contribution in [0.5, 0.6) is 0 Å². The van der Waals surface area contributed by atoms with Crippen LogP contribution < -0.4 is 10.9 Å². The van der Waals surface area contributed by atoms with E-state index in [4.69, 9.17) is 11.6 Å². The summed E-state index contributed by atoms with van der Waals surface area (Å²) >= 11 is 9.50. The maximum atomic E-state index is 13.2. The van der Waals surface area contributed by atoms with Gasteiger partial charge in [0.05, 0.1) is 17.8 Å². The minimum absolute atomic E-state index is 0.00443. The number of fused-ring (bicyclic) bond motifs is 1. The number of amides is 1. The van der Waals surface area contributed by atoms with E-state index in [1.165, 1.54) is 22.2 Å². The number of hydrogen-bond donors (Lipinski definition) is 1. The first-order valence-electron chi connectivity index (χ1n) is 10.9. The molecule has 170 valence electrons. The molecule has 5 rings (SSSR count). The molecule has 0 bridgehead atoms. The lowest BCUT2D eigenvalue weighted by molar-refractivity contribution is -0.122. The predicted octanol–water partition coefficient (Wildman–Crippen LogP) is 4.79. The van der Waals surface area contributed by atoms with E-state index < -0.39 is 0 Å². The minimum Gasteiger partial charge on any atom is -0.353 e. The molecular formula is C24H23ClN4O2S2. The summed E-state index contributed by atoms with van der Waals surface area (Å²) in [5, 5.41) is 8.24. The number of halogens is 1. The SMILES string of the molecule is O=C(Cn1cnc2scc(-c3cccs3)c2c1=O)NC[C@@H](c1ccccc1Cl)N1CCCC1. The molecule has 0 spiro atoms. The third kappa shape index (κ3) is 4.61. The predicted molar refractivity (Wildman–Crippen MR) is 135 cm³/mol. The average molecular weight is 499 g/mol. The number of rotatable bonds is 7. The molecule has 3 aromatic heterocycles. The average Bonchev–Trinajstić information content (AvgIpc) is 3.59. The zero-order valence-corrected chi connectivity index (χ0v) is 20.3. The van der Waals surface area contributed by atoms with Gasteiger partial charge in [0.25, 0.3) is 5.56 Å². The van der Waals surface area contributed by atoms with E-state index in [1.54, 1.807) is 11.3 Å². The van der Waals surface area contributed by atoms with Crippen LogP contribution >= 0.6 is 34.3 Å². The van der Waals surface area contributed by atoms with Crippen molar-refractivity contribution in [2.75, 3.05) is 19.6 Å². The van der Waals surface area contributed by atoms with Crippen LogP contribution in [-0.2, 0) is 11.3 Å². The molecule has 1 saturated heterocycles. The smallest absolute Gasteiger partial charge is 0.263 e. The van der Waals surface area contributed by atoms with Crippen molar-refractivity contribution in [2.45, 2.75) is 25.4 Å². The second-order valence-electron chi connectivity index (χ2n) is 8.07. The highest BCUT2D eigenvalue weighted by atomic mass is 35.5. The van der Waals surface area contributed by atoms with Gasteiger partial charge in [0, 0.05) is 27.4 Å². The number of nitrogens with zero attached hydrogens (tertiary/aromatic N) is 3. The number of hydrogen-bond acceptors (Lipinski definition) is 6. The Hall–Kier alpha value is -2.52. The lowest BCUT2D eigenvalue weighted by Gasteiger charge is -2.29. The lowest BCUT2D eigenvalue weighted by atomic mass is 10.1. The number of aromatic nitrogens is 2. The molecule has 1 fully saturated rings. The molecule has 1 aromatic carbocycles. The summed E-state index contributed by atoms with van der Waals surface area (Å²) in [6.45, 7) is 2.33. The minimum atomic E-state index is -0.220. The Kier molecular flexibility index (Phi) is 6.59. The van der Waals surface area contributed by atoms with Gasteiger partial charge in [-0.3, -0.25) is 19.1 Å². The zero-order chi connectivity index (χ0) is 22.8. The molecule has 1 atom stereocenters. The first kappa shape index (κ1) is 22.3. The van der Waals surface area contributed by atoms with Gasteiger partial charge in [-0.1, -0.05) is 35.9 Å². The molecule has 0 aliphatic carbocycles. The fourth-order valence-corrected chi connectivity index (χ4v) is 6.33. The maximum absolute atomic E-state index is 13.2. The second kappa shape index (κ2) is 9.77. The topological polar surface area (TPSA) is 67.2 Å². The van der Waals surface area contributed by atoms with Crippen LogP contribution in [0, 0.1) is 0 Å². The third-order valence-electron chi connectivity index (χ3n) is 6.00. The number of benzene rings is 1. The van der Waals surface area contributed by atoms with Gasteiger partial charge in [-0.2, -0.15) is 0 Å². The number of thiophene rings is 2. The molecule has 33 heavy (non-hydrogen) atoms. The van der Waals surface area contributed by atoms with Crippen LogP contribution in [0.3, 0.4) is 0 Å². The molecule has 1 amide bonds. The summed E-state index contributed by atoms with van der Waals surface area (Å²) in [7, 11) is 0. The number of carbonyl (C=O) groups is 1. The molecule has 0 unspecified atom stereocenters. The van der Waals surface area contributed by atoms with Crippen LogP contribution in [-0.4, -0.2) is 40.0 Å². The quantitative estimate of drug-likeness (QED) is 0.397. The van der Waals surface area contributed by atoms with Crippen LogP contribution in [0.25, 0.3) is 20.7 Å². The normalized spacial score (nSPS) is 15.2. The summed E-state index contributed by atoms with van der Waals surface area (Å²) < 4.78 is 1.39. The van der Waals surface area contributed by atoms with E-state index in [2.05, 4.69) is 15.2 Å². The highest BCUT2D eigenvalue weighted by Crippen LogP contribution is 2.33. The van der Waals surface area contributed by atoms with Crippen molar-refractivity contribution in [3.8, 4) is 10.4 Å². The van der Waals surface area contributed by atoms with Crippen molar-refractivity contribution in [1.29, 1.82) is 0 Å². The van der Waals surface area contributed by atoms with Gasteiger partial charge in [-0.25, -0.2) is 4.98 Å². The van der Waals surface area contributed by atoms with Crippen molar-refractivity contribution in [1.82, 2.24) is 19.8 Å². The molecular weight excluding hydrogens is 476 g/mol. The van der Waals surface area contributed by atoms with Gasteiger partial charge in [0.2, 0.25) is 5.91 Å². The molecule has 1 N–H and O–H groups in total. The van der Waals surface area contributed by atoms with E-state index in [0.29, 0.717) is 21.8 Å². The van der Waals surface area contributed by atoms with E-state index in [-0.39, 0.29) is 24.1 Å². The summed E-state index contributed by atoms with van der Waals surface area (Å²) in [6, 6.07) is 11.7. The highest BCUT2D eigenvalue weighted by molar-refractivity contribution is 7.18. The van der Waals surface area contributed by atoms with Gasteiger partial charge >= 0.3 is 0 Å². The zero-order valence-electron chi connectivity index (χ0n) is 17.9. The van der Waals surface area contributed by atoms with Crippen LogP contribution in [0.15, 0.2) is 58.3 Å². The Morgan fingerprint density at radius 3 is 2.73 bits per heavy atom. The van der Waals surface area contributed by atoms with Crippen LogP contribution in [0.4, 0.5) is 0 Å². The molecule has 6 nitrogen and oxygen atoms in total. The Morgan fingerprint density at radius 1 is 1.15 bits per heavy atom. The fourth-order valence-electron chi connectivity index (χ4n) is 4.35. The third-order valence-corrected chi connectivity index (χ3v) is 8.13. The van der Waals surface area contributed by atoms with Gasteiger partial charge in [0.15, 0.2) is 0 Å². The standard InChI is InChI=1S/C24H23ClN4O2S2/c25-18-7-2-1-6-16(18)19(28-9-3-4-10-28)12-26-21(30)13-29-15-27-23-22(24(29)31)17(14-33-23)20-8-5-11-32-20/h1-2,5-8,11,14-15,19H,3-4,9-10,12-13H2,(H,26,30)/t19-/m0/s1.